The van der Waals surface area contributed by atoms with Crippen LogP contribution in [0.5, 0.6) is 0 Å². The highest BCUT2D eigenvalue weighted by molar-refractivity contribution is 5.87. The molecule has 4 rings (SSSR count). The summed E-state index contributed by atoms with van der Waals surface area (Å²) in [7, 11) is 0. The van der Waals surface area contributed by atoms with Gasteiger partial charge < -0.3 is 10.0 Å². The van der Waals surface area contributed by atoms with Gasteiger partial charge in [-0.1, -0.05) is 30.3 Å². The summed E-state index contributed by atoms with van der Waals surface area (Å²) in [6.45, 7) is 2.14. The van der Waals surface area contributed by atoms with E-state index in [1.807, 2.05) is 54.6 Å². The Balaban J connectivity index is 1.62. The summed E-state index contributed by atoms with van der Waals surface area (Å²) in [5, 5.41) is 9.55. The third-order valence-corrected chi connectivity index (χ3v) is 5.61. The van der Waals surface area contributed by atoms with Gasteiger partial charge in [0.25, 0.3) is 0 Å². The van der Waals surface area contributed by atoms with Gasteiger partial charge >= 0.3 is 5.97 Å². The normalized spacial score (nSPS) is 19.2. The van der Waals surface area contributed by atoms with Crippen LogP contribution < -0.4 is 0 Å². The van der Waals surface area contributed by atoms with E-state index in [1.165, 1.54) is 4.90 Å². The number of carboxylic acid groups (broad SMARTS) is 1. The largest absolute Gasteiger partial charge is 0.480 e. The molecule has 0 radical (unpaired) electrons. The van der Waals surface area contributed by atoms with E-state index >= 15 is 0 Å². The summed E-state index contributed by atoms with van der Waals surface area (Å²) in [5.74, 6) is -0.263. The minimum absolute atomic E-state index is 0.130. The molecule has 1 N–H and O–H groups in total. The molecule has 1 saturated heterocycles. The van der Waals surface area contributed by atoms with Crippen LogP contribution in [0.15, 0.2) is 54.6 Å². The fourth-order valence-electron chi connectivity index (χ4n) is 4.05. The molecule has 0 aliphatic carbocycles. The quantitative estimate of drug-likeness (QED) is 0.739. The lowest BCUT2D eigenvalue weighted by Gasteiger charge is -2.31. The number of nitrogens with zero attached hydrogens (tertiary/aromatic N) is 3. The highest BCUT2D eigenvalue weighted by Gasteiger charge is 2.45. The first kappa shape index (κ1) is 18.2. The maximum atomic E-state index is 12.8. The van der Waals surface area contributed by atoms with Crippen LogP contribution in [0.3, 0.4) is 0 Å². The van der Waals surface area contributed by atoms with Crippen molar-refractivity contribution in [3.8, 4) is 5.69 Å². The Bertz CT molecular complexity index is 1030. The average molecular weight is 377 g/mol. The number of imidazole rings is 1. The van der Waals surface area contributed by atoms with Gasteiger partial charge in [-0.25, -0.2) is 9.78 Å². The number of aromatic nitrogens is 2. The molecular formula is C22H23N3O3. The number of carboxylic acids is 1. The van der Waals surface area contributed by atoms with E-state index < -0.39 is 11.5 Å². The molecule has 2 heterocycles. The number of hydrogen-bond donors (Lipinski definition) is 1. The Morgan fingerprint density at radius 3 is 2.57 bits per heavy atom. The highest BCUT2D eigenvalue weighted by Crippen LogP contribution is 2.30. The molecule has 1 atom stereocenters. The van der Waals surface area contributed by atoms with Crippen molar-refractivity contribution in [1.82, 2.24) is 14.5 Å². The number of carbonyl (C=O) groups is 2. The molecule has 1 aromatic heterocycles. The van der Waals surface area contributed by atoms with Crippen LogP contribution >= 0.6 is 0 Å². The SMILES string of the molecule is CC1(C(=O)O)CCCN1C(=O)CCc1nc2ccccc2n1-c1ccccc1. The minimum atomic E-state index is -1.10. The van der Waals surface area contributed by atoms with E-state index in [4.69, 9.17) is 4.98 Å². The predicted octanol–water partition coefficient (Wildman–Crippen LogP) is 3.42. The fraction of sp³-hybridized carbons (Fsp3) is 0.318. The first-order valence-electron chi connectivity index (χ1n) is 9.56. The molecule has 6 nitrogen and oxygen atoms in total. The van der Waals surface area contributed by atoms with Gasteiger partial charge in [0.05, 0.1) is 11.0 Å². The third-order valence-electron chi connectivity index (χ3n) is 5.61. The first-order chi connectivity index (χ1) is 13.5. The second-order valence-electron chi connectivity index (χ2n) is 7.42. The number of rotatable bonds is 5. The summed E-state index contributed by atoms with van der Waals surface area (Å²) >= 11 is 0. The lowest BCUT2D eigenvalue weighted by Crippen LogP contribution is -2.50. The van der Waals surface area contributed by atoms with Crippen molar-refractivity contribution in [2.45, 2.75) is 38.1 Å². The summed E-state index contributed by atoms with van der Waals surface area (Å²) in [6.07, 6.45) is 1.90. The lowest BCUT2D eigenvalue weighted by atomic mass is 9.99. The second-order valence-corrected chi connectivity index (χ2v) is 7.42. The summed E-state index contributed by atoms with van der Waals surface area (Å²) < 4.78 is 2.07. The molecule has 2 aromatic carbocycles. The number of likely N-dealkylation sites (tertiary alicyclic amines) is 1. The molecule has 144 valence electrons. The molecule has 28 heavy (non-hydrogen) atoms. The van der Waals surface area contributed by atoms with E-state index in [1.54, 1.807) is 6.92 Å². The van der Waals surface area contributed by atoms with Crippen molar-refractivity contribution in [2.75, 3.05) is 6.54 Å². The molecule has 1 unspecified atom stereocenters. The van der Waals surface area contributed by atoms with Gasteiger partial charge in [-0.2, -0.15) is 0 Å². The monoisotopic (exact) mass is 377 g/mol. The molecule has 1 aliphatic rings. The molecule has 1 amide bonds. The molecule has 0 saturated carbocycles. The predicted molar refractivity (Wildman–Crippen MR) is 106 cm³/mol. The topological polar surface area (TPSA) is 75.4 Å². The number of carbonyl (C=O) groups excluding carboxylic acids is 1. The van der Waals surface area contributed by atoms with E-state index in [9.17, 15) is 14.7 Å². The Kier molecular flexibility index (Phi) is 4.63. The Morgan fingerprint density at radius 2 is 1.82 bits per heavy atom. The third kappa shape index (κ3) is 3.05. The number of hydrogen-bond acceptors (Lipinski definition) is 3. The molecule has 1 aliphatic heterocycles. The van der Waals surface area contributed by atoms with Crippen LogP contribution in [0.1, 0.15) is 32.0 Å². The Morgan fingerprint density at radius 1 is 1.11 bits per heavy atom. The fourth-order valence-corrected chi connectivity index (χ4v) is 4.05. The second kappa shape index (κ2) is 7.11. The summed E-state index contributed by atoms with van der Waals surface area (Å²) in [5.41, 5.74) is 1.77. The number of fused-ring (bicyclic) bond motifs is 1. The van der Waals surface area contributed by atoms with Gasteiger partial charge in [-0.15, -0.1) is 0 Å². The maximum absolute atomic E-state index is 12.8. The van der Waals surface area contributed by atoms with Crippen LogP contribution in [0, 0.1) is 0 Å². The number of benzene rings is 2. The van der Waals surface area contributed by atoms with Crippen molar-refractivity contribution >= 4 is 22.9 Å². The smallest absolute Gasteiger partial charge is 0.329 e. The zero-order chi connectivity index (χ0) is 19.7. The summed E-state index contributed by atoms with van der Waals surface area (Å²) in [6, 6.07) is 17.8. The Labute approximate surface area is 163 Å². The van der Waals surface area contributed by atoms with Gasteiger partial charge in [0.15, 0.2) is 0 Å². The van der Waals surface area contributed by atoms with Gasteiger partial charge in [-0.3, -0.25) is 9.36 Å². The minimum Gasteiger partial charge on any atom is -0.480 e. The Hall–Kier alpha value is -3.15. The molecule has 1 fully saturated rings. The average Bonchev–Trinajstić information content (AvgIpc) is 3.28. The van der Waals surface area contributed by atoms with Crippen LogP contribution in [0.4, 0.5) is 0 Å². The highest BCUT2D eigenvalue weighted by atomic mass is 16.4. The van der Waals surface area contributed by atoms with Crippen LogP contribution in [0.2, 0.25) is 0 Å². The van der Waals surface area contributed by atoms with Gasteiger partial charge in [0.1, 0.15) is 11.4 Å². The van der Waals surface area contributed by atoms with Crippen LogP contribution in [0.25, 0.3) is 16.7 Å². The van der Waals surface area contributed by atoms with Gasteiger partial charge in [0.2, 0.25) is 5.91 Å². The van der Waals surface area contributed by atoms with Crippen molar-refractivity contribution in [3.05, 3.63) is 60.4 Å². The standard InChI is InChI=1S/C22H23N3O3/c1-22(21(27)28)14-7-15-24(22)20(26)13-12-19-23-17-10-5-6-11-18(17)25(19)16-8-3-2-4-9-16/h2-6,8-11H,7,12-15H2,1H3,(H,27,28). The lowest BCUT2D eigenvalue weighted by molar-refractivity contribution is -0.155. The number of amides is 1. The van der Waals surface area contributed by atoms with Crippen molar-refractivity contribution in [3.63, 3.8) is 0 Å². The van der Waals surface area contributed by atoms with E-state index in [0.717, 1.165) is 29.0 Å². The zero-order valence-electron chi connectivity index (χ0n) is 15.8. The van der Waals surface area contributed by atoms with Crippen molar-refractivity contribution in [1.29, 1.82) is 0 Å². The van der Waals surface area contributed by atoms with Crippen LogP contribution in [-0.4, -0.2) is 43.5 Å². The molecule has 0 bridgehead atoms. The van der Waals surface area contributed by atoms with Crippen molar-refractivity contribution < 1.29 is 14.7 Å². The maximum Gasteiger partial charge on any atom is 0.329 e. The number of aliphatic carboxylic acids is 1. The number of aryl methyl sites for hydroxylation is 1. The van der Waals surface area contributed by atoms with Gasteiger partial charge in [0, 0.05) is 25.1 Å². The molecule has 0 spiro atoms. The van der Waals surface area contributed by atoms with Crippen molar-refractivity contribution in [2.24, 2.45) is 0 Å². The molecule has 6 heteroatoms. The molecule has 3 aromatic rings. The summed E-state index contributed by atoms with van der Waals surface area (Å²) in [4.78, 5) is 30.7. The van der Waals surface area contributed by atoms with E-state index in [2.05, 4.69) is 4.57 Å². The number of para-hydroxylation sites is 3. The van der Waals surface area contributed by atoms with E-state index in [0.29, 0.717) is 19.4 Å². The van der Waals surface area contributed by atoms with Crippen LogP contribution in [-0.2, 0) is 16.0 Å². The zero-order valence-corrected chi connectivity index (χ0v) is 15.8. The van der Waals surface area contributed by atoms with Gasteiger partial charge in [-0.05, 0) is 44.0 Å². The van der Waals surface area contributed by atoms with E-state index in [-0.39, 0.29) is 12.3 Å². The molecular weight excluding hydrogens is 354 g/mol. The first-order valence-corrected chi connectivity index (χ1v) is 9.56.